The fraction of sp³-hybridized carbons (Fsp3) is 0.269. The zero-order valence-electron chi connectivity index (χ0n) is 19.9. The summed E-state index contributed by atoms with van der Waals surface area (Å²) < 4.78 is 7.04. The van der Waals surface area contributed by atoms with E-state index in [0.29, 0.717) is 41.2 Å². The number of hydrogen-bond donors (Lipinski definition) is 2. The predicted molar refractivity (Wildman–Crippen MR) is 134 cm³/mol. The van der Waals surface area contributed by atoms with Gasteiger partial charge in [-0.2, -0.15) is 5.26 Å². The van der Waals surface area contributed by atoms with Crippen molar-refractivity contribution in [1.29, 1.82) is 5.26 Å². The Bertz CT molecular complexity index is 1430. The number of benzene rings is 1. The largest absolute Gasteiger partial charge is 0.382 e. The van der Waals surface area contributed by atoms with Crippen LogP contribution in [0.25, 0.3) is 34.0 Å². The van der Waals surface area contributed by atoms with E-state index in [0.717, 1.165) is 17.7 Å². The summed E-state index contributed by atoms with van der Waals surface area (Å²) in [6.07, 6.45) is 4.19. The Hall–Kier alpha value is -4.29. The highest BCUT2D eigenvalue weighted by Crippen LogP contribution is 2.30. The van der Waals surface area contributed by atoms with Gasteiger partial charge in [0, 0.05) is 36.0 Å². The van der Waals surface area contributed by atoms with Gasteiger partial charge < -0.3 is 15.6 Å². The minimum atomic E-state index is -0.931. The minimum absolute atomic E-state index is 0.197. The lowest BCUT2D eigenvalue weighted by atomic mass is 9.94. The molecule has 1 aromatic carbocycles. The number of anilines is 1. The van der Waals surface area contributed by atoms with E-state index >= 15 is 0 Å². The number of aromatic nitrogens is 4. The maximum Gasteiger partial charge on any atom is 0.251 e. The molecular weight excluding hydrogens is 442 g/mol. The molecule has 0 bridgehead atoms. The van der Waals surface area contributed by atoms with Gasteiger partial charge in [0.1, 0.15) is 11.2 Å². The molecule has 0 unspecified atom stereocenters. The minimum Gasteiger partial charge on any atom is -0.382 e. The first kappa shape index (κ1) is 23.9. The van der Waals surface area contributed by atoms with Gasteiger partial charge in [-0.15, -0.1) is 0 Å². The van der Waals surface area contributed by atoms with Crippen molar-refractivity contribution in [3.63, 3.8) is 0 Å². The van der Waals surface area contributed by atoms with E-state index in [1.165, 1.54) is 16.8 Å². The summed E-state index contributed by atoms with van der Waals surface area (Å²) in [5.74, 6) is 0.579. The molecule has 178 valence electrons. The zero-order chi connectivity index (χ0) is 25.0. The van der Waals surface area contributed by atoms with E-state index in [2.05, 4.69) is 26.5 Å². The lowest BCUT2D eigenvalue weighted by Crippen LogP contribution is -2.38. The average Bonchev–Trinajstić information content (AvgIpc) is 3.37. The van der Waals surface area contributed by atoms with Crippen LogP contribution in [0.2, 0.25) is 0 Å². The molecule has 9 nitrogen and oxygen atoms in total. The van der Waals surface area contributed by atoms with E-state index in [1.54, 1.807) is 18.3 Å². The molecule has 0 amide bonds. The molecule has 9 heteroatoms. The standard InChI is InChI=1S/C26H27N7O2/c1-4-26(5-2,16-27)33-15-19(10-11-23(33)34)21-14-30-25(28)24(31-21)22-12-20(32-35-22)18-8-6-17(7-9-18)13-29-3/h6-12,14-15,29H,4-5,13H2,1-3H3,(H2,28,30). The maximum atomic E-state index is 12.6. The third-order valence-electron chi connectivity index (χ3n) is 6.22. The van der Waals surface area contributed by atoms with Gasteiger partial charge in [-0.25, -0.2) is 9.97 Å². The summed E-state index contributed by atoms with van der Waals surface area (Å²) in [5.41, 5.74) is 9.15. The number of nitrogen functional groups attached to an aromatic ring is 1. The highest BCUT2D eigenvalue weighted by Gasteiger charge is 2.29. The molecule has 0 aliphatic heterocycles. The Morgan fingerprint density at radius 2 is 1.83 bits per heavy atom. The van der Waals surface area contributed by atoms with Gasteiger partial charge in [0.15, 0.2) is 17.3 Å². The molecule has 0 saturated heterocycles. The lowest BCUT2D eigenvalue weighted by Gasteiger charge is -2.26. The van der Waals surface area contributed by atoms with Gasteiger partial charge in [0.05, 0.1) is 18.0 Å². The predicted octanol–water partition coefficient (Wildman–Crippen LogP) is 3.97. The first-order valence-electron chi connectivity index (χ1n) is 11.4. The van der Waals surface area contributed by atoms with Gasteiger partial charge >= 0.3 is 0 Å². The van der Waals surface area contributed by atoms with Gasteiger partial charge in [0.25, 0.3) is 5.56 Å². The first-order chi connectivity index (χ1) is 16.9. The van der Waals surface area contributed by atoms with Crippen molar-refractivity contribution in [2.75, 3.05) is 12.8 Å². The van der Waals surface area contributed by atoms with E-state index in [-0.39, 0.29) is 11.4 Å². The van der Waals surface area contributed by atoms with Gasteiger partial charge in [0.2, 0.25) is 0 Å². The molecule has 3 heterocycles. The zero-order valence-corrected chi connectivity index (χ0v) is 19.9. The fourth-order valence-electron chi connectivity index (χ4n) is 4.01. The smallest absolute Gasteiger partial charge is 0.251 e. The number of rotatable bonds is 8. The Balaban J connectivity index is 1.71. The topological polar surface area (TPSA) is 136 Å². The van der Waals surface area contributed by atoms with Crippen LogP contribution in [0.15, 0.2) is 64.2 Å². The van der Waals surface area contributed by atoms with Crippen molar-refractivity contribution < 1.29 is 4.52 Å². The SMILES string of the molecule is CCC(C#N)(CC)n1cc(-c2cnc(N)c(-c3cc(-c4ccc(CNC)cc4)no3)n2)ccc1=O. The van der Waals surface area contributed by atoms with Crippen molar-refractivity contribution in [1.82, 2.24) is 25.0 Å². The summed E-state index contributed by atoms with van der Waals surface area (Å²) in [6, 6.07) is 15.2. The number of nitrogens with one attached hydrogen (secondary N) is 1. The molecule has 0 radical (unpaired) electrons. The van der Waals surface area contributed by atoms with E-state index in [1.807, 2.05) is 45.2 Å². The normalized spacial score (nSPS) is 11.4. The number of pyridine rings is 1. The number of nitrogens with zero attached hydrogens (tertiary/aromatic N) is 5. The molecule has 0 fully saturated rings. The number of nitriles is 1. The summed E-state index contributed by atoms with van der Waals surface area (Å²) in [5, 5.41) is 17.1. The van der Waals surface area contributed by atoms with Crippen LogP contribution in [0.5, 0.6) is 0 Å². The summed E-state index contributed by atoms with van der Waals surface area (Å²) in [4.78, 5) is 21.5. The molecule has 3 aromatic heterocycles. The van der Waals surface area contributed by atoms with Crippen LogP contribution >= 0.6 is 0 Å². The molecule has 35 heavy (non-hydrogen) atoms. The fourth-order valence-corrected chi connectivity index (χ4v) is 4.01. The Kier molecular flexibility index (Phi) is 6.75. The van der Waals surface area contributed by atoms with Gasteiger partial charge in [-0.3, -0.25) is 9.36 Å². The second-order valence-electron chi connectivity index (χ2n) is 8.27. The Labute approximate surface area is 203 Å². The molecule has 0 aliphatic rings. The van der Waals surface area contributed by atoms with Crippen LogP contribution in [0.4, 0.5) is 5.82 Å². The molecule has 4 rings (SSSR count). The van der Waals surface area contributed by atoms with Crippen LogP contribution in [-0.2, 0) is 12.1 Å². The molecular formula is C26H27N7O2. The van der Waals surface area contributed by atoms with E-state index in [4.69, 9.17) is 10.3 Å². The first-order valence-corrected chi connectivity index (χ1v) is 11.4. The van der Waals surface area contributed by atoms with Crippen LogP contribution in [0, 0.1) is 11.3 Å². The second kappa shape index (κ2) is 9.91. The van der Waals surface area contributed by atoms with Crippen molar-refractivity contribution in [2.24, 2.45) is 0 Å². The third-order valence-corrected chi connectivity index (χ3v) is 6.22. The molecule has 0 spiro atoms. The molecule has 4 aromatic rings. The quantitative estimate of drug-likeness (QED) is 0.396. The Morgan fingerprint density at radius 3 is 2.49 bits per heavy atom. The lowest BCUT2D eigenvalue weighted by molar-refractivity contribution is 0.345. The highest BCUT2D eigenvalue weighted by atomic mass is 16.5. The summed E-state index contributed by atoms with van der Waals surface area (Å²) >= 11 is 0. The van der Waals surface area contributed by atoms with Gasteiger partial charge in [-0.05, 0) is 31.5 Å². The Morgan fingerprint density at radius 1 is 1.11 bits per heavy atom. The molecule has 0 aliphatic carbocycles. The second-order valence-corrected chi connectivity index (χ2v) is 8.27. The average molecular weight is 470 g/mol. The van der Waals surface area contributed by atoms with Crippen LogP contribution < -0.4 is 16.6 Å². The summed E-state index contributed by atoms with van der Waals surface area (Å²) in [7, 11) is 1.90. The van der Waals surface area contributed by atoms with Gasteiger partial charge in [-0.1, -0.05) is 43.3 Å². The van der Waals surface area contributed by atoms with Crippen molar-refractivity contribution >= 4 is 5.82 Å². The number of hydrogen-bond acceptors (Lipinski definition) is 8. The van der Waals surface area contributed by atoms with Crippen LogP contribution in [0.1, 0.15) is 32.3 Å². The van der Waals surface area contributed by atoms with E-state index in [9.17, 15) is 10.1 Å². The van der Waals surface area contributed by atoms with Crippen molar-refractivity contribution in [2.45, 2.75) is 38.8 Å². The van der Waals surface area contributed by atoms with Crippen LogP contribution in [0.3, 0.4) is 0 Å². The van der Waals surface area contributed by atoms with Crippen molar-refractivity contribution in [3.05, 3.63) is 70.8 Å². The molecule has 0 atom stereocenters. The van der Waals surface area contributed by atoms with Crippen LogP contribution in [-0.4, -0.2) is 26.7 Å². The number of nitrogens with two attached hydrogens (primary N) is 1. The maximum absolute atomic E-state index is 12.6. The summed E-state index contributed by atoms with van der Waals surface area (Å²) in [6.45, 7) is 4.56. The third kappa shape index (κ3) is 4.56. The monoisotopic (exact) mass is 469 g/mol. The molecule has 0 saturated carbocycles. The molecule has 3 N–H and O–H groups in total. The van der Waals surface area contributed by atoms with E-state index < -0.39 is 5.54 Å². The highest BCUT2D eigenvalue weighted by molar-refractivity contribution is 5.72. The van der Waals surface area contributed by atoms with Crippen molar-refractivity contribution in [3.8, 4) is 40.0 Å².